The lowest BCUT2D eigenvalue weighted by Gasteiger charge is -2.36. The summed E-state index contributed by atoms with van der Waals surface area (Å²) in [6.07, 6.45) is 0. The number of aryl methyl sites for hydroxylation is 1. The Bertz CT molecular complexity index is 859. The molecule has 0 bridgehead atoms. The second-order valence-corrected chi connectivity index (χ2v) is 6.89. The summed E-state index contributed by atoms with van der Waals surface area (Å²) in [6.45, 7) is 3.99. The zero-order valence-corrected chi connectivity index (χ0v) is 15.7. The van der Waals surface area contributed by atoms with Crippen molar-refractivity contribution in [2.24, 2.45) is 0 Å². The van der Waals surface area contributed by atoms with Crippen molar-refractivity contribution in [2.75, 3.05) is 31.5 Å². The normalized spacial score (nSPS) is 17.5. The van der Waals surface area contributed by atoms with Gasteiger partial charge in [-0.1, -0.05) is 41.9 Å². The summed E-state index contributed by atoms with van der Waals surface area (Å²) in [4.78, 5) is 25.4. The van der Waals surface area contributed by atoms with E-state index in [0.29, 0.717) is 23.7 Å². The molecule has 8 heteroatoms. The maximum Gasteiger partial charge on any atom is 0.293 e. The third-order valence-electron chi connectivity index (χ3n) is 4.68. The highest BCUT2D eigenvalue weighted by Gasteiger charge is 2.27. The maximum atomic E-state index is 12.6. The van der Waals surface area contributed by atoms with Gasteiger partial charge in [-0.25, -0.2) is 0 Å². The lowest BCUT2D eigenvalue weighted by atomic mass is 10.0. The second kappa shape index (κ2) is 8.47. The van der Waals surface area contributed by atoms with Crippen LogP contribution < -0.4 is 10.6 Å². The maximum absolute atomic E-state index is 12.6. The minimum Gasteiger partial charge on any atom is -0.319 e. The first-order chi connectivity index (χ1) is 13.0. The number of nitro benzene ring substituents is 1. The van der Waals surface area contributed by atoms with Crippen molar-refractivity contribution in [3.05, 3.63) is 68.7 Å². The molecule has 0 radical (unpaired) electrons. The number of halogens is 1. The predicted octanol–water partition coefficient (Wildman–Crippen LogP) is 3.14. The zero-order chi connectivity index (χ0) is 19.4. The molecule has 0 spiro atoms. The van der Waals surface area contributed by atoms with E-state index < -0.39 is 4.92 Å². The number of amides is 1. The highest BCUT2D eigenvalue weighted by molar-refractivity contribution is 6.31. The standard InChI is InChI=1S/C19H21ClN4O3/c1-13-5-4-8-16(24(26)27)19(13)22-18(25)12-23-10-9-21-11-17(23)14-6-2-3-7-15(14)20/h2-8,17,21H,9-12H2,1H3,(H,22,25). The Morgan fingerprint density at radius 2 is 2.11 bits per heavy atom. The number of para-hydroxylation sites is 1. The molecule has 1 amide bonds. The SMILES string of the molecule is Cc1cccc([N+](=O)[O-])c1NC(=O)CN1CCNCC1c1ccccc1Cl. The fraction of sp³-hybridized carbons (Fsp3) is 0.316. The number of hydrogen-bond acceptors (Lipinski definition) is 5. The first-order valence-corrected chi connectivity index (χ1v) is 9.08. The lowest BCUT2D eigenvalue weighted by Crippen LogP contribution is -2.48. The molecule has 1 aliphatic heterocycles. The van der Waals surface area contributed by atoms with Crippen molar-refractivity contribution in [3.8, 4) is 0 Å². The Morgan fingerprint density at radius 3 is 2.85 bits per heavy atom. The molecule has 0 saturated carbocycles. The van der Waals surface area contributed by atoms with Gasteiger partial charge >= 0.3 is 0 Å². The van der Waals surface area contributed by atoms with E-state index in [9.17, 15) is 14.9 Å². The number of benzene rings is 2. The monoisotopic (exact) mass is 388 g/mol. The Labute approximate surface area is 162 Å². The third-order valence-corrected chi connectivity index (χ3v) is 5.02. The predicted molar refractivity (Wildman–Crippen MR) is 105 cm³/mol. The van der Waals surface area contributed by atoms with E-state index in [4.69, 9.17) is 11.6 Å². The first-order valence-electron chi connectivity index (χ1n) is 8.70. The van der Waals surface area contributed by atoms with Crippen LogP contribution in [0.3, 0.4) is 0 Å². The van der Waals surface area contributed by atoms with Crippen LogP contribution >= 0.6 is 11.6 Å². The minimum atomic E-state index is -0.486. The van der Waals surface area contributed by atoms with Gasteiger partial charge in [-0.2, -0.15) is 0 Å². The molecule has 142 valence electrons. The van der Waals surface area contributed by atoms with Crippen LogP contribution in [0.1, 0.15) is 17.2 Å². The van der Waals surface area contributed by atoms with Gasteiger partial charge in [-0.15, -0.1) is 0 Å². The van der Waals surface area contributed by atoms with Crippen molar-refractivity contribution in [2.45, 2.75) is 13.0 Å². The number of nitro groups is 1. The van der Waals surface area contributed by atoms with Gasteiger partial charge in [0.15, 0.2) is 0 Å². The van der Waals surface area contributed by atoms with E-state index in [1.807, 2.05) is 29.2 Å². The minimum absolute atomic E-state index is 0.0370. The number of carbonyl (C=O) groups is 1. The highest BCUT2D eigenvalue weighted by atomic mass is 35.5. The average Bonchev–Trinajstić information content (AvgIpc) is 2.64. The smallest absolute Gasteiger partial charge is 0.293 e. The molecular weight excluding hydrogens is 368 g/mol. The molecule has 7 nitrogen and oxygen atoms in total. The number of carbonyl (C=O) groups excluding carboxylic acids is 1. The number of nitrogens with one attached hydrogen (secondary N) is 2. The summed E-state index contributed by atoms with van der Waals surface area (Å²) in [5.41, 5.74) is 1.75. The number of nitrogens with zero attached hydrogens (tertiary/aromatic N) is 2. The summed E-state index contributed by atoms with van der Waals surface area (Å²) in [5.74, 6) is -0.286. The Hall–Kier alpha value is -2.48. The lowest BCUT2D eigenvalue weighted by molar-refractivity contribution is -0.384. The summed E-state index contributed by atoms with van der Waals surface area (Å²) in [6, 6.07) is 12.3. The largest absolute Gasteiger partial charge is 0.319 e. The van der Waals surface area contributed by atoms with Gasteiger partial charge in [0.05, 0.1) is 11.5 Å². The third kappa shape index (κ3) is 4.44. The molecule has 1 saturated heterocycles. The Balaban J connectivity index is 1.77. The summed E-state index contributed by atoms with van der Waals surface area (Å²) in [7, 11) is 0. The fourth-order valence-electron chi connectivity index (χ4n) is 3.32. The molecule has 27 heavy (non-hydrogen) atoms. The van der Waals surface area contributed by atoms with Gasteiger partial charge in [0.2, 0.25) is 5.91 Å². The number of rotatable bonds is 5. The molecule has 0 aliphatic carbocycles. The number of anilines is 1. The molecule has 1 heterocycles. The molecule has 2 aromatic rings. The van der Waals surface area contributed by atoms with Crippen LogP contribution in [0.2, 0.25) is 5.02 Å². The van der Waals surface area contributed by atoms with Gasteiger partial charge < -0.3 is 10.6 Å². The number of hydrogen-bond donors (Lipinski definition) is 2. The van der Waals surface area contributed by atoms with Crippen molar-refractivity contribution < 1.29 is 9.72 Å². The fourth-order valence-corrected chi connectivity index (χ4v) is 3.58. The van der Waals surface area contributed by atoms with Crippen LogP contribution in [-0.2, 0) is 4.79 Å². The van der Waals surface area contributed by atoms with Gasteiger partial charge in [-0.05, 0) is 24.1 Å². The molecule has 0 aromatic heterocycles. The summed E-state index contributed by atoms with van der Waals surface area (Å²) in [5, 5.41) is 17.9. The summed E-state index contributed by atoms with van der Waals surface area (Å²) >= 11 is 6.34. The molecule has 1 fully saturated rings. The van der Waals surface area contributed by atoms with E-state index in [1.165, 1.54) is 6.07 Å². The van der Waals surface area contributed by atoms with Crippen molar-refractivity contribution in [1.29, 1.82) is 0 Å². The van der Waals surface area contributed by atoms with Crippen LogP contribution in [0, 0.1) is 17.0 Å². The van der Waals surface area contributed by atoms with Gasteiger partial charge in [0, 0.05) is 36.8 Å². The average molecular weight is 389 g/mol. The second-order valence-electron chi connectivity index (χ2n) is 6.49. The van der Waals surface area contributed by atoms with Crippen LogP contribution in [0.4, 0.5) is 11.4 Å². The van der Waals surface area contributed by atoms with Gasteiger partial charge in [0.25, 0.3) is 5.69 Å². The van der Waals surface area contributed by atoms with Crippen LogP contribution in [0.25, 0.3) is 0 Å². The zero-order valence-electron chi connectivity index (χ0n) is 14.9. The van der Waals surface area contributed by atoms with E-state index in [0.717, 1.165) is 12.1 Å². The Morgan fingerprint density at radius 1 is 1.33 bits per heavy atom. The van der Waals surface area contributed by atoms with E-state index in [1.54, 1.807) is 19.1 Å². The number of piperazine rings is 1. The van der Waals surface area contributed by atoms with E-state index in [-0.39, 0.29) is 29.9 Å². The molecule has 1 aliphatic rings. The van der Waals surface area contributed by atoms with Crippen molar-refractivity contribution >= 4 is 28.9 Å². The van der Waals surface area contributed by atoms with Gasteiger partial charge in [0.1, 0.15) is 5.69 Å². The summed E-state index contributed by atoms with van der Waals surface area (Å²) < 4.78 is 0. The Kier molecular flexibility index (Phi) is 6.05. The van der Waals surface area contributed by atoms with E-state index in [2.05, 4.69) is 10.6 Å². The van der Waals surface area contributed by atoms with Crippen LogP contribution in [0.5, 0.6) is 0 Å². The van der Waals surface area contributed by atoms with E-state index >= 15 is 0 Å². The van der Waals surface area contributed by atoms with Gasteiger partial charge in [-0.3, -0.25) is 19.8 Å². The molecule has 2 N–H and O–H groups in total. The molecule has 1 unspecified atom stereocenters. The van der Waals surface area contributed by atoms with Crippen LogP contribution in [-0.4, -0.2) is 41.9 Å². The topological polar surface area (TPSA) is 87.5 Å². The molecule has 1 atom stereocenters. The van der Waals surface area contributed by atoms with Crippen molar-refractivity contribution in [1.82, 2.24) is 10.2 Å². The van der Waals surface area contributed by atoms with Crippen molar-refractivity contribution in [3.63, 3.8) is 0 Å². The van der Waals surface area contributed by atoms with Crippen LogP contribution in [0.15, 0.2) is 42.5 Å². The highest BCUT2D eigenvalue weighted by Crippen LogP contribution is 2.30. The molecular formula is C19H21ClN4O3. The first kappa shape index (κ1) is 19.3. The quantitative estimate of drug-likeness (QED) is 0.607. The molecule has 3 rings (SSSR count). The molecule has 2 aromatic carbocycles.